The summed E-state index contributed by atoms with van der Waals surface area (Å²) in [7, 11) is 1.67. The Morgan fingerprint density at radius 1 is 1.20 bits per heavy atom. The smallest absolute Gasteiger partial charge is 0.161 e. The van der Waals surface area contributed by atoms with Crippen molar-refractivity contribution in [2.24, 2.45) is 0 Å². The summed E-state index contributed by atoms with van der Waals surface area (Å²) in [6.45, 7) is 9.38. The van der Waals surface area contributed by atoms with Crippen molar-refractivity contribution in [3.05, 3.63) is 29.8 Å². The summed E-state index contributed by atoms with van der Waals surface area (Å²) in [6, 6.07) is 6.37. The Labute approximate surface area is 123 Å². The molecule has 1 rings (SSSR count). The fourth-order valence-electron chi connectivity index (χ4n) is 1.83. The third kappa shape index (κ3) is 5.66. The van der Waals surface area contributed by atoms with E-state index in [1.54, 1.807) is 7.11 Å². The quantitative estimate of drug-likeness (QED) is 0.782. The molecule has 0 heterocycles. The first kappa shape index (κ1) is 16.6. The Balaban J connectivity index is 2.74. The fraction of sp³-hybridized carbons (Fsp3) is 0.529. The predicted molar refractivity (Wildman–Crippen MR) is 85.5 cm³/mol. The van der Waals surface area contributed by atoms with Crippen LogP contribution in [0.25, 0.3) is 6.08 Å². The molecule has 0 radical (unpaired) electrons. The van der Waals surface area contributed by atoms with Gasteiger partial charge in [-0.05, 0) is 51.4 Å². The van der Waals surface area contributed by atoms with Gasteiger partial charge in [-0.3, -0.25) is 0 Å². The molecule has 1 aromatic rings. The molecule has 112 valence electrons. The van der Waals surface area contributed by atoms with Gasteiger partial charge in [0.05, 0.1) is 13.2 Å². The van der Waals surface area contributed by atoms with Gasteiger partial charge in [-0.1, -0.05) is 25.1 Å². The van der Waals surface area contributed by atoms with Crippen LogP contribution in [0, 0.1) is 0 Å². The molecule has 0 aliphatic heterocycles. The number of ether oxygens (including phenoxy) is 2. The van der Waals surface area contributed by atoms with Crippen molar-refractivity contribution in [3.63, 3.8) is 0 Å². The van der Waals surface area contributed by atoms with Crippen molar-refractivity contribution in [2.75, 3.05) is 13.7 Å². The summed E-state index contributed by atoms with van der Waals surface area (Å²) in [4.78, 5) is 0. The van der Waals surface area contributed by atoms with E-state index in [1.807, 2.05) is 32.0 Å². The summed E-state index contributed by atoms with van der Waals surface area (Å²) in [5, 5.41) is 3.43. The van der Waals surface area contributed by atoms with E-state index >= 15 is 0 Å². The fourth-order valence-corrected chi connectivity index (χ4v) is 1.83. The number of benzene rings is 1. The minimum absolute atomic E-state index is 0.142. The molecule has 1 aromatic carbocycles. The molecule has 1 N–H and O–H groups in total. The van der Waals surface area contributed by atoms with Gasteiger partial charge in [0.15, 0.2) is 11.5 Å². The maximum absolute atomic E-state index is 5.71. The zero-order valence-corrected chi connectivity index (χ0v) is 13.3. The Morgan fingerprint density at radius 2 is 1.95 bits per heavy atom. The maximum Gasteiger partial charge on any atom is 0.161 e. The molecule has 3 heteroatoms. The normalized spacial score (nSPS) is 12.9. The van der Waals surface area contributed by atoms with Gasteiger partial charge in [0.2, 0.25) is 0 Å². The molecule has 0 spiro atoms. The van der Waals surface area contributed by atoms with Gasteiger partial charge in [-0.2, -0.15) is 0 Å². The van der Waals surface area contributed by atoms with E-state index in [1.165, 1.54) is 0 Å². The Bertz CT molecular complexity index is 427. The number of nitrogens with one attached hydrogen (secondary N) is 1. The lowest BCUT2D eigenvalue weighted by Crippen LogP contribution is -2.24. The van der Waals surface area contributed by atoms with Gasteiger partial charge < -0.3 is 14.8 Å². The molecule has 0 fully saturated rings. The van der Waals surface area contributed by atoms with Gasteiger partial charge >= 0.3 is 0 Å². The lowest BCUT2D eigenvalue weighted by Gasteiger charge is -2.14. The molecular formula is C17H27NO2. The summed E-state index contributed by atoms with van der Waals surface area (Å²) in [6.07, 6.45) is 5.55. The highest BCUT2D eigenvalue weighted by atomic mass is 16.5. The molecule has 3 nitrogen and oxygen atoms in total. The zero-order valence-electron chi connectivity index (χ0n) is 13.3. The van der Waals surface area contributed by atoms with Gasteiger partial charge in [0, 0.05) is 6.04 Å². The van der Waals surface area contributed by atoms with Gasteiger partial charge in [-0.25, -0.2) is 0 Å². The molecule has 0 aromatic heterocycles. The third-order valence-corrected chi connectivity index (χ3v) is 2.84. The van der Waals surface area contributed by atoms with Crippen LogP contribution in [0.1, 0.15) is 39.7 Å². The van der Waals surface area contributed by atoms with Crippen molar-refractivity contribution < 1.29 is 9.47 Å². The van der Waals surface area contributed by atoms with Crippen LogP contribution in [0.15, 0.2) is 24.3 Å². The van der Waals surface area contributed by atoms with E-state index in [9.17, 15) is 0 Å². The molecule has 0 bridgehead atoms. The highest BCUT2D eigenvalue weighted by Crippen LogP contribution is 2.29. The summed E-state index contributed by atoms with van der Waals surface area (Å²) in [5.74, 6) is 1.56. The third-order valence-electron chi connectivity index (χ3n) is 2.84. The van der Waals surface area contributed by atoms with Gasteiger partial charge in [0.1, 0.15) is 0 Å². The lowest BCUT2D eigenvalue weighted by molar-refractivity contribution is 0.230. The van der Waals surface area contributed by atoms with Crippen LogP contribution in [0.2, 0.25) is 0 Å². The van der Waals surface area contributed by atoms with Crippen LogP contribution in [-0.2, 0) is 0 Å². The van der Waals surface area contributed by atoms with E-state index < -0.39 is 0 Å². The molecule has 1 atom stereocenters. The molecule has 0 aliphatic rings. The maximum atomic E-state index is 5.71. The van der Waals surface area contributed by atoms with E-state index in [0.717, 1.165) is 30.0 Å². The van der Waals surface area contributed by atoms with Crippen molar-refractivity contribution in [1.29, 1.82) is 0 Å². The standard InChI is InChI=1S/C17H27NO2/c1-6-11-18-14(4)7-8-15-9-10-16(20-13(2)3)17(12-15)19-5/h7-10,12-14,18H,6,11H2,1-5H3/b8-7+. The van der Waals surface area contributed by atoms with Crippen molar-refractivity contribution in [2.45, 2.75) is 46.3 Å². The second-order valence-corrected chi connectivity index (χ2v) is 5.18. The van der Waals surface area contributed by atoms with E-state index in [4.69, 9.17) is 9.47 Å². The first-order valence-corrected chi connectivity index (χ1v) is 7.33. The number of hydrogen-bond donors (Lipinski definition) is 1. The molecule has 0 saturated carbocycles. The zero-order chi connectivity index (χ0) is 15.0. The van der Waals surface area contributed by atoms with E-state index in [2.05, 4.69) is 31.3 Å². The second kappa shape index (κ2) is 8.64. The minimum Gasteiger partial charge on any atom is -0.493 e. The van der Waals surface area contributed by atoms with Crippen LogP contribution >= 0.6 is 0 Å². The lowest BCUT2D eigenvalue weighted by atomic mass is 10.1. The minimum atomic E-state index is 0.142. The molecule has 0 amide bonds. The van der Waals surface area contributed by atoms with E-state index in [-0.39, 0.29) is 6.10 Å². The van der Waals surface area contributed by atoms with Crippen LogP contribution in [-0.4, -0.2) is 25.8 Å². The topological polar surface area (TPSA) is 30.5 Å². The molecule has 20 heavy (non-hydrogen) atoms. The van der Waals surface area contributed by atoms with Crippen LogP contribution in [0.5, 0.6) is 11.5 Å². The molecular weight excluding hydrogens is 250 g/mol. The molecule has 0 aliphatic carbocycles. The monoisotopic (exact) mass is 277 g/mol. The van der Waals surface area contributed by atoms with Crippen LogP contribution < -0.4 is 14.8 Å². The summed E-state index contributed by atoms with van der Waals surface area (Å²) in [5.41, 5.74) is 1.11. The Morgan fingerprint density at radius 3 is 2.55 bits per heavy atom. The largest absolute Gasteiger partial charge is 0.493 e. The Hall–Kier alpha value is -1.48. The van der Waals surface area contributed by atoms with Gasteiger partial charge in [-0.15, -0.1) is 0 Å². The van der Waals surface area contributed by atoms with E-state index in [0.29, 0.717) is 6.04 Å². The van der Waals surface area contributed by atoms with Crippen molar-refractivity contribution >= 4 is 6.08 Å². The summed E-state index contributed by atoms with van der Waals surface area (Å²) >= 11 is 0. The van der Waals surface area contributed by atoms with Gasteiger partial charge in [0.25, 0.3) is 0 Å². The Kier molecular flexibility index (Phi) is 7.16. The molecule has 1 unspecified atom stereocenters. The number of hydrogen-bond acceptors (Lipinski definition) is 3. The average Bonchev–Trinajstić information content (AvgIpc) is 2.43. The summed E-state index contributed by atoms with van der Waals surface area (Å²) < 4.78 is 11.1. The predicted octanol–water partition coefficient (Wildman–Crippen LogP) is 3.88. The second-order valence-electron chi connectivity index (χ2n) is 5.18. The van der Waals surface area contributed by atoms with Crippen LogP contribution in [0.3, 0.4) is 0 Å². The first-order valence-electron chi connectivity index (χ1n) is 7.33. The SMILES string of the molecule is CCCNC(C)/C=C/c1ccc(OC(C)C)c(OC)c1. The number of methoxy groups -OCH3 is 1. The van der Waals surface area contributed by atoms with Crippen molar-refractivity contribution in [3.8, 4) is 11.5 Å². The average molecular weight is 277 g/mol. The molecule has 0 saturated heterocycles. The number of rotatable bonds is 8. The first-order chi connectivity index (χ1) is 9.56. The van der Waals surface area contributed by atoms with Crippen LogP contribution in [0.4, 0.5) is 0 Å². The van der Waals surface area contributed by atoms with Crippen molar-refractivity contribution in [1.82, 2.24) is 5.32 Å². The highest BCUT2D eigenvalue weighted by Gasteiger charge is 2.06. The highest BCUT2D eigenvalue weighted by molar-refractivity contribution is 5.56.